The molecule has 21 heavy (non-hydrogen) atoms. The summed E-state index contributed by atoms with van der Waals surface area (Å²) in [4.78, 5) is 0. The van der Waals surface area contributed by atoms with E-state index in [4.69, 9.17) is 0 Å². The van der Waals surface area contributed by atoms with Gasteiger partial charge in [-0.25, -0.2) is 4.39 Å². The summed E-state index contributed by atoms with van der Waals surface area (Å²) < 4.78 is 16.2. The van der Waals surface area contributed by atoms with Crippen LogP contribution in [0.15, 0.2) is 41.1 Å². The van der Waals surface area contributed by atoms with Crippen molar-refractivity contribution in [3.63, 3.8) is 0 Å². The fourth-order valence-electron chi connectivity index (χ4n) is 2.45. The van der Waals surface area contributed by atoms with Crippen LogP contribution < -0.4 is 5.32 Å². The summed E-state index contributed by atoms with van der Waals surface area (Å²) in [5, 5.41) is 3.55. The second-order valence-corrected chi connectivity index (χ2v) is 6.04. The van der Waals surface area contributed by atoms with E-state index in [9.17, 15) is 4.39 Å². The van der Waals surface area contributed by atoms with Crippen LogP contribution in [0.25, 0.3) is 0 Å². The number of hydrogen-bond acceptors (Lipinski definition) is 1. The van der Waals surface area contributed by atoms with E-state index in [0.717, 1.165) is 24.9 Å². The molecule has 0 bridgehead atoms. The molecule has 1 unspecified atom stereocenters. The van der Waals surface area contributed by atoms with E-state index in [-0.39, 0.29) is 5.82 Å². The maximum Gasteiger partial charge on any atom is 0.137 e. The molecule has 0 aliphatic rings. The molecule has 114 valence electrons. The summed E-state index contributed by atoms with van der Waals surface area (Å²) in [6.45, 7) is 6.06. The molecule has 4 heteroatoms. The molecule has 0 spiro atoms. The molecular weight excluding hydrogens is 331 g/mol. The Morgan fingerprint density at radius 3 is 2.81 bits per heavy atom. The van der Waals surface area contributed by atoms with Crippen molar-refractivity contribution in [3.05, 3.63) is 58.1 Å². The van der Waals surface area contributed by atoms with Crippen molar-refractivity contribution in [1.82, 2.24) is 9.88 Å². The van der Waals surface area contributed by atoms with Gasteiger partial charge in [-0.1, -0.05) is 26.0 Å². The number of halogens is 2. The zero-order valence-corrected chi connectivity index (χ0v) is 14.2. The van der Waals surface area contributed by atoms with Crippen molar-refractivity contribution < 1.29 is 4.39 Å². The van der Waals surface area contributed by atoms with Gasteiger partial charge in [0.15, 0.2) is 0 Å². The minimum absolute atomic E-state index is 0.212. The molecule has 1 aromatic carbocycles. The Balaban J connectivity index is 2.10. The van der Waals surface area contributed by atoms with E-state index in [1.807, 2.05) is 6.07 Å². The second kappa shape index (κ2) is 7.76. The third kappa shape index (κ3) is 4.17. The minimum atomic E-state index is -0.212. The van der Waals surface area contributed by atoms with Crippen molar-refractivity contribution in [2.45, 2.75) is 39.3 Å². The Bertz CT molecular complexity index is 580. The molecule has 1 heterocycles. The average molecular weight is 353 g/mol. The highest BCUT2D eigenvalue weighted by Gasteiger charge is 2.11. The number of hydrogen-bond donors (Lipinski definition) is 1. The van der Waals surface area contributed by atoms with Gasteiger partial charge in [0.1, 0.15) is 5.82 Å². The number of aromatic nitrogens is 1. The standard InChI is InChI=1S/C17H22BrFN2/c1-3-9-20-16(4-2)13-8-10-21(11-13)12-14-6-5-7-15(19)17(14)18/h5-8,10-11,16,20H,3-4,9,12H2,1-2H3. The van der Waals surface area contributed by atoms with Crippen LogP contribution >= 0.6 is 15.9 Å². The van der Waals surface area contributed by atoms with Crippen molar-refractivity contribution >= 4 is 15.9 Å². The molecule has 1 aromatic heterocycles. The zero-order valence-electron chi connectivity index (χ0n) is 12.6. The topological polar surface area (TPSA) is 17.0 Å². The molecule has 0 amide bonds. The highest BCUT2D eigenvalue weighted by molar-refractivity contribution is 9.10. The van der Waals surface area contributed by atoms with Gasteiger partial charge >= 0.3 is 0 Å². The largest absolute Gasteiger partial charge is 0.350 e. The van der Waals surface area contributed by atoms with Gasteiger partial charge in [-0.3, -0.25) is 0 Å². The average Bonchev–Trinajstić information content (AvgIpc) is 2.93. The summed E-state index contributed by atoms with van der Waals surface area (Å²) in [6.07, 6.45) is 6.40. The molecule has 0 fully saturated rings. The van der Waals surface area contributed by atoms with Gasteiger partial charge in [0.05, 0.1) is 4.47 Å². The second-order valence-electron chi connectivity index (χ2n) is 5.25. The van der Waals surface area contributed by atoms with Crippen molar-refractivity contribution in [2.75, 3.05) is 6.54 Å². The monoisotopic (exact) mass is 352 g/mol. The van der Waals surface area contributed by atoms with Crippen LogP contribution in [0.1, 0.15) is 43.9 Å². The lowest BCUT2D eigenvalue weighted by atomic mass is 10.1. The van der Waals surface area contributed by atoms with Crippen molar-refractivity contribution in [1.29, 1.82) is 0 Å². The molecular formula is C17H22BrFN2. The maximum absolute atomic E-state index is 13.5. The predicted octanol–water partition coefficient (Wildman–Crippen LogP) is 4.89. The maximum atomic E-state index is 13.5. The Kier molecular flexibility index (Phi) is 6.00. The van der Waals surface area contributed by atoms with Gasteiger partial charge < -0.3 is 9.88 Å². The van der Waals surface area contributed by atoms with E-state index < -0.39 is 0 Å². The fourth-order valence-corrected chi connectivity index (χ4v) is 2.84. The molecule has 1 N–H and O–H groups in total. The molecule has 2 aromatic rings. The minimum Gasteiger partial charge on any atom is -0.350 e. The Hall–Kier alpha value is -1.13. The molecule has 0 aliphatic heterocycles. The van der Waals surface area contributed by atoms with Gasteiger partial charge in [-0.15, -0.1) is 0 Å². The quantitative estimate of drug-likeness (QED) is 0.750. The van der Waals surface area contributed by atoms with Crippen LogP contribution in [-0.4, -0.2) is 11.1 Å². The highest BCUT2D eigenvalue weighted by atomic mass is 79.9. The van der Waals surface area contributed by atoms with Crippen LogP contribution in [0, 0.1) is 5.82 Å². The summed E-state index contributed by atoms with van der Waals surface area (Å²) in [7, 11) is 0. The van der Waals surface area contributed by atoms with Crippen molar-refractivity contribution in [2.24, 2.45) is 0 Å². The summed E-state index contributed by atoms with van der Waals surface area (Å²) >= 11 is 3.32. The molecule has 0 radical (unpaired) electrons. The van der Waals surface area contributed by atoms with Crippen LogP contribution in [0.2, 0.25) is 0 Å². The van der Waals surface area contributed by atoms with E-state index in [0.29, 0.717) is 17.1 Å². The van der Waals surface area contributed by atoms with E-state index in [1.165, 1.54) is 11.6 Å². The first-order valence-corrected chi connectivity index (χ1v) is 8.27. The van der Waals surface area contributed by atoms with E-state index >= 15 is 0 Å². The van der Waals surface area contributed by atoms with Gasteiger partial charge in [0, 0.05) is 25.0 Å². The first-order chi connectivity index (χ1) is 10.2. The first kappa shape index (κ1) is 16.2. The Morgan fingerprint density at radius 2 is 2.10 bits per heavy atom. The Morgan fingerprint density at radius 1 is 1.29 bits per heavy atom. The number of nitrogens with one attached hydrogen (secondary N) is 1. The normalized spacial score (nSPS) is 12.6. The first-order valence-electron chi connectivity index (χ1n) is 7.47. The van der Waals surface area contributed by atoms with Gasteiger partial charge in [-0.2, -0.15) is 0 Å². The van der Waals surface area contributed by atoms with E-state index in [1.54, 1.807) is 6.07 Å². The molecule has 1 atom stereocenters. The summed E-state index contributed by atoms with van der Waals surface area (Å²) in [6, 6.07) is 7.69. The van der Waals surface area contributed by atoms with Crippen LogP contribution in [-0.2, 0) is 6.54 Å². The molecule has 2 rings (SSSR count). The van der Waals surface area contributed by atoms with Crippen molar-refractivity contribution in [3.8, 4) is 0 Å². The van der Waals surface area contributed by atoms with Crippen LogP contribution in [0.3, 0.4) is 0 Å². The lowest BCUT2D eigenvalue weighted by Crippen LogP contribution is -2.21. The SMILES string of the molecule is CCCNC(CC)c1ccn(Cc2cccc(F)c2Br)c1. The molecule has 2 nitrogen and oxygen atoms in total. The highest BCUT2D eigenvalue weighted by Crippen LogP contribution is 2.23. The predicted molar refractivity (Wildman–Crippen MR) is 89.0 cm³/mol. The lowest BCUT2D eigenvalue weighted by molar-refractivity contribution is 0.517. The van der Waals surface area contributed by atoms with Gasteiger partial charge in [0.2, 0.25) is 0 Å². The number of nitrogens with zero attached hydrogens (tertiary/aromatic N) is 1. The van der Waals surface area contributed by atoms with Gasteiger partial charge in [0.25, 0.3) is 0 Å². The Labute approximate surface area is 134 Å². The number of benzene rings is 1. The number of rotatable bonds is 7. The zero-order chi connectivity index (χ0) is 15.2. The van der Waals surface area contributed by atoms with Crippen LogP contribution in [0.4, 0.5) is 4.39 Å². The fraction of sp³-hybridized carbons (Fsp3) is 0.412. The van der Waals surface area contributed by atoms with E-state index in [2.05, 4.69) is 58.1 Å². The van der Waals surface area contributed by atoms with Crippen LogP contribution in [0.5, 0.6) is 0 Å². The third-order valence-corrected chi connectivity index (χ3v) is 4.50. The van der Waals surface area contributed by atoms with Gasteiger partial charge in [-0.05, 0) is 58.6 Å². The molecule has 0 aliphatic carbocycles. The smallest absolute Gasteiger partial charge is 0.137 e. The lowest BCUT2D eigenvalue weighted by Gasteiger charge is -2.15. The molecule has 0 saturated carbocycles. The summed E-state index contributed by atoms with van der Waals surface area (Å²) in [5.41, 5.74) is 2.24. The summed E-state index contributed by atoms with van der Waals surface area (Å²) in [5.74, 6) is -0.212. The molecule has 0 saturated heterocycles. The third-order valence-electron chi connectivity index (χ3n) is 3.61.